The lowest BCUT2D eigenvalue weighted by molar-refractivity contribution is 0.606. The van der Waals surface area contributed by atoms with E-state index in [1.54, 1.807) is 0 Å². The zero-order chi connectivity index (χ0) is 12.8. The first-order chi connectivity index (χ1) is 8.85. The van der Waals surface area contributed by atoms with E-state index in [9.17, 15) is 0 Å². The zero-order valence-electron chi connectivity index (χ0n) is 11.0. The van der Waals surface area contributed by atoms with E-state index in [4.69, 9.17) is 0 Å². The standard InChI is InChI=1S/C16H20N2/c1-3-5-6-12-18-13-11-17-16(18)15-9-7-14(4-2)8-10-15/h4,7-11,13H,2-3,5-6,12H2,1H3. The second kappa shape index (κ2) is 6.20. The van der Waals surface area contributed by atoms with Crippen LogP contribution in [0.4, 0.5) is 0 Å². The van der Waals surface area contributed by atoms with Crippen molar-refractivity contribution in [2.24, 2.45) is 0 Å². The lowest BCUT2D eigenvalue weighted by Crippen LogP contribution is -1.99. The molecular weight excluding hydrogens is 220 g/mol. The van der Waals surface area contributed by atoms with Crippen molar-refractivity contribution in [1.82, 2.24) is 9.55 Å². The van der Waals surface area contributed by atoms with Gasteiger partial charge in [-0.3, -0.25) is 0 Å². The highest BCUT2D eigenvalue weighted by Crippen LogP contribution is 2.19. The largest absolute Gasteiger partial charge is 0.331 e. The number of hydrogen-bond acceptors (Lipinski definition) is 1. The smallest absolute Gasteiger partial charge is 0.139 e. The van der Waals surface area contributed by atoms with Crippen LogP contribution in [0.5, 0.6) is 0 Å². The highest BCUT2D eigenvalue weighted by molar-refractivity contribution is 5.59. The average Bonchev–Trinajstić information content (AvgIpc) is 2.88. The van der Waals surface area contributed by atoms with Crippen LogP contribution in [0.2, 0.25) is 0 Å². The van der Waals surface area contributed by atoms with Gasteiger partial charge in [0.25, 0.3) is 0 Å². The Bertz CT molecular complexity index is 494. The van der Waals surface area contributed by atoms with Crippen LogP contribution in [0.15, 0.2) is 43.2 Å². The molecule has 0 bridgehead atoms. The number of aromatic nitrogens is 2. The van der Waals surface area contributed by atoms with Crippen molar-refractivity contribution in [2.75, 3.05) is 0 Å². The van der Waals surface area contributed by atoms with Crippen molar-refractivity contribution < 1.29 is 0 Å². The van der Waals surface area contributed by atoms with Crippen molar-refractivity contribution in [3.8, 4) is 11.4 Å². The van der Waals surface area contributed by atoms with Gasteiger partial charge in [0.2, 0.25) is 0 Å². The minimum atomic E-state index is 1.05. The molecule has 0 N–H and O–H groups in total. The SMILES string of the molecule is C=Cc1ccc(-c2nccn2CCCCC)cc1. The lowest BCUT2D eigenvalue weighted by atomic mass is 10.1. The molecule has 0 fully saturated rings. The molecule has 0 aliphatic carbocycles. The number of rotatable bonds is 6. The Kier molecular flexibility index (Phi) is 4.35. The zero-order valence-corrected chi connectivity index (χ0v) is 11.0. The molecule has 0 aliphatic rings. The van der Waals surface area contributed by atoms with E-state index >= 15 is 0 Å². The van der Waals surface area contributed by atoms with Gasteiger partial charge in [-0.15, -0.1) is 0 Å². The third-order valence-electron chi connectivity index (χ3n) is 3.12. The fourth-order valence-electron chi connectivity index (χ4n) is 2.05. The first kappa shape index (κ1) is 12.6. The fraction of sp³-hybridized carbons (Fsp3) is 0.312. The Morgan fingerprint density at radius 1 is 1.22 bits per heavy atom. The molecule has 1 aromatic heterocycles. The summed E-state index contributed by atoms with van der Waals surface area (Å²) >= 11 is 0. The van der Waals surface area contributed by atoms with E-state index in [1.165, 1.54) is 24.8 Å². The summed E-state index contributed by atoms with van der Waals surface area (Å²) in [6, 6.07) is 8.37. The van der Waals surface area contributed by atoms with Gasteiger partial charge in [0, 0.05) is 24.5 Å². The van der Waals surface area contributed by atoms with Crippen LogP contribution in [0.25, 0.3) is 17.5 Å². The van der Waals surface area contributed by atoms with E-state index in [1.807, 2.05) is 12.3 Å². The summed E-state index contributed by atoms with van der Waals surface area (Å²) in [5.41, 5.74) is 2.31. The number of hydrogen-bond donors (Lipinski definition) is 0. The molecule has 1 aromatic carbocycles. The van der Waals surface area contributed by atoms with Crippen molar-refractivity contribution in [3.05, 3.63) is 48.8 Å². The van der Waals surface area contributed by atoms with E-state index in [-0.39, 0.29) is 0 Å². The maximum Gasteiger partial charge on any atom is 0.139 e. The summed E-state index contributed by atoms with van der Waals surface area (Å²) in [4.78, 5) is 4.46. The quantitative estimate of drug-likeness (QED) is 0.685. The van der Waals surface area contributed by atoms with Gasteiger partial charge >= 0.3 is 0 Å². The van der Waals surface area contributed by atoms with Crippen LogP contribution in [0.1, 0.15) is 31.7 Å². The molecule has 0 radical (unpaired) electrons. The molecule has 0 saturated heterocycles. The number of aryl methyl sites for hydroxylation is 1. The van der Waals surface area contributed by atoms with Crippen LogP contribution in [-0.2, 0) is 6.54 Å². The first-order valence-electron chi connectivity index (χ1n) is 6.59. The van der Waals surface area contributed by atoms with Crippen molar-refractivity contribution in [3.63, 3.8) is 0 Å². The van der Waals surface area contributed by atoms with Gasteiger partial charge < -0.3 is 4.57 Å². The Hall–Kier alpha value is -1.83. The molecule has 2 rings (SSSR count). The van der Waals surface area contributed by atoms with Crippen molar-refractivity contribution in [2.45, 2.75) is 32.7 Å². The Morgan fingerprint density at radius 3 is 2.67 bits per heavy atom. The minimum Gasteiger partial charge on any atom is -0.331 e. The second-order valence-corrected chi connectivity index (χ2v) is 4.48. The second-order valence-electron chi connectivity index (χ2n) is 4.48. The van der Waals surface area contributed by atoms with Crippen LogP contribution in [-0.4, -0.2) is 9.55 Å². The Balaban J connectivity index is 2.16. The van der Waals surface area contributed by atoms with Gasteiger partial charge in [0.05, 0.1) is 0 Å². The van der Waals surface area contributed by atoms with Crippen molar-refractivity contribution in [1.29, 1.82) is 0 Å². The maximum atomic E-state index is 4.46. The molecule has 0 spiro atoms. The van der Waals surface area contributed by atoms with Crippen LogP contribution in [0.3, 0.4) is 0 Å². The third kappa shape index (κ3) is 2.89. The molecule has 2 nitrogen and oxygen atoms in total. The van der Waals surface area contributed by atoms with Gasteiger partial charge in [-0.2, -0.15) is 0 Å². The van der Waals surface area contributed by atoms with E-state index in [2.05, 4.69) is 53.5 Å². The third-order valence-corrected chi connectivity index (χ3v) is 3.12. The summed E-state index contributed by atoms with van der Waals surface area (Å²) in [6.45, 7) is 7.04. The molecule has 0 unspecified atom stereocenters. The van der Waals surface area contributed by atoms with Gasteiger partial charge in [0.15, 0.2) is 0 Å². The normalized spacial score (nSPS) is 10.5. The van der Waals surface area contributed by atoms with E-state index in [0.29, 0.717) is 0 Å². The van der Waals surface area contributed by atoms with Crippen LogP contribution >= 0.6 is 0 Å². The summed E-state index contributed by atoms with van der Waals surface area (Å²) in [5.74, 6) is 1.06. The molecular formula is C16H20N2. The minimum absolute atomic E-state index is 1.05. The summed E-state index contributed by atoms with van der Waals surface area (Å²) in [7, 11) is 0. The highest BCUT2D eigenvalue weighted by atomic mass is 15.1. The first-order valence-corrected chi connectivity index (χ1v) is 6.59. The lowest BCUT2D eigenvalue weighted by Gasteiger charge is -2.07. The highest BCUT2D eigenvalue weighted by Gasteiger charge is 2.04. The Labute approximate surface area is 109 Å². The molecule has 0 amide bonds. The van der Waals surface area contributed by atoms with Gasteiger partial charge in [-0.25, -0.2) is 4.98 Å². The van der Waals surface area contributed by atoms with Gasteiger partial charge in [-0.05, 0) is 12.0 Å². The summed E-state index contributed by atoms with van der Waals surface area (Å²) in [5, 5.41) is 0. The number of unbranched alkanes of at least 4 members (excludes halogenated alkanes) is 2. The average molecular weight is 240 g/mol. The maximum absolute atomic E-state index is 4.46. The molecule has 2 aromatic rings. The van der Waals surface area contributed by atoms with E-state index in [0.717, 1.165) is 17.9 Å². The topological polar surface area (TPSA) is 17.8 Å². The fourth-order valence-corrected chi connectivity index (χ4v) is 2.05. The van der Waals surface area contributed by atoms with Gasteiger partial charge in [0.1, 0.15) is 5.82 Å². The monoisotopic (exact) mass is 240 g/mol. The predicted octanol–water partition coefficient (Wildman–Crippen LogP) is 4.38. The molecule has 0 aliphatic heterocycles. The number of nitrogens with zero attached hydrogens (tertiary/aromatic N) is 2. The molecule has 1 heterocycles. The predicted molar refractivity (Wildman–Crippen MR) is 77.3 cm³/mol. The Morgan fingerprint density at radius 2 is 2.00 bits per heavy atom. The van der Waals surface area contributed by atoms with Crippen molar-refractivity contribution >= 4 is 6.08 Å². The van der Waals surface area contributed by atoms with Gasteiger partial charge in [-0.1, -0.05) is 56.7 Å². The molecule has 94 valence electrons. The summed E-state index contributed by atoms with van der Waals surface area (Å²) in [6.07, 6.45) is 9.53. The number of imidazole rings is 1. The summed E-state index contributed by atoms with van der Waals surface area (Å²) < 4.78 is 2.23. The molecule has 0 atom stereocenters. The molecule has 18 heavy (non-hydrogen) atoms. The van der Waals surface area contributed by atoms with Crippen LogP contribution in [0, 0.1) is 0 Å². The van der Waals surface area contributed by atoms with E-state index < -0.39 is 0 Å². The molecule has 0 saturated carbocycles. The van der Waals surface area contributed by atoms with Crippen LogP contribution < -0.4 is 0 Å². The molecule has 2 heteroatoms. The number of benzene rings is 1.